The van der Waals surface area contributed by atoms with Crippen LogP contribution in [0.1, 0.15) is 23.1 Å². The van der Waals surface area contributed by atoms with E-state index in [1.54, 1.807) is 0 Å². The highest BCUT2D eigenvalue weighted by Gasteiger charge is 2.22. The van der Waals surface area contributed by atoms with E-state index < -0.39 is 6.04 Å². The van der Waals surface area contributed by atoms with Gasteiger partial charge in [-0.15, -0.1) is 11.6 Å². The van der Waals surface area contributed by atoms with Gasteiger partial charge in [0.25, 0.3) is 0 Å². The monoisotopic (exact) mass is 355 g/mol. The highest BCUT2D eigenvalue weighted by Crippen LogP contribution is 2.22. The molecule has 2 aromatic carbocycles. The van der Waals surface area contributed by atoms with Crippen molar-refractivity contribution in [1.82, 2.24) is 15.5 Å². The fraction of sp³-hybridized carbons (Fsp3) is 0.211. The van der Waals surface area contributed by atoms with E-state index in [0.29, 0.717) is 18.1 Å². The van der Waals surface area contributed by atoms with Gasteiger partial charge in [-0.05, 0) is 18.6 Å². The first-order valence-electron chi connectivity index (χ1n) is 7.95. The largest absolute Gasteiger partial charge is 0.343 e. The number of halogens is 1. The predicted molar refractivity (Wildman–Crippen MR) is 96.2 cm³/mol. The summed E-state index contributed by atoms with van der Waals surface area (Å²) in [4.78, 5) is 16.2. The first-order valence-corrected chi connectivity index (χ1v) is 8.49. The van der Waals surface area contributed by atoms with E-state index in [-0.39, 0.29) is 11.8 Å². The van der Waals surface area contributed by atoms with Crippen LogP contribution in [0.4, 0.5) is 0 Å². The van der Waals surface area contributed by atoms with Crippen molar-refractivity contribution in [2.75, 3.05) is 5.88 Å². The lowest BCUT2D eigenvalue weighted by Crippen LogP contribution is -2.31. The molecule has 128 valence electrons. The molecule has 0 aliphatic rings. The van der Waals surface area contributed by atoms with E-state index in [9.17, 15) is 4.79 Å². The van der Waals surface area contributed by atoms with Gasteiger partial charge < -0.3 is 9.84 Å². The van der Waals surface area contributed by atoms with Gasteiger partial charge in [0, 0.05) is 12.0 Å². The van der Waals surface area contributed by atoms with Crippen LogP contribution in [0.2, 0.25) is 0 Å². The van der Waals surface area contributed by atoms with E-state index in [1.807, 2.05) is 61.5 Å². The van der Waals surface area contributed by atoms with Gasteiger partial charge in [0.1, 0.15) is 11.9 Å². The number of nitrogens with zero attached hydrogens (tertiary/aromatic N) is 2. The third kappa shape index (κ3) is 4.45. The molecule has 1 amide bonds. The van der Waals surface area contributed by atoms with Crippen LogP contribution in [0.5, 0.6) is 0 Å². The molecular weight excluding hydrogens is 338 g/mol. The van der Waals surface area contributed by atoms with Crippen LogP contribution in [0, 0.1) is 6.92 Å². The number of benzene rings is 2. The zero-order valence-corrected chi connectivity index (χ0v) is 14.5. The number of alkyl halides is 1. The lowest BCUT2D eigenvalue weighted by atomic mass is 10.1. The van der Waals surface area contributed by atoms with Crippen molar-refractivity contribution in [2.24, 2.45) is 0 Å². The Hall–Kier alpha value is -2.66. The summed E-state index contributed by atoms with van der Waals surface area (Å²) in [6.07, 6.45) is 0.541. The smallest absolute Gasteiger partial charge is 0.249 e. The van der Waals surface area contributed by atoms with E-state index in [0.717, 1.165) is 16.7 Å². The SMILES string of the molecule is Cc1cccc(-c2noc(C(Cc3ccccc3)NC(=O)CCl)n2)c1. The van der Waals surface area contributed by atoms with Crippen molar-refractivity contribution < 1.29 is 9.32 Å². The van der Waals surface area contributed by atoms with Gasteiger partial charge in [-0.2, -0.15) is 4.98 Å². The summed E-state index contributed by atoms with van der Waals surface area (Å²) in [5, 5.41) is 6.89. The molecule has 5 nitrogen and oxygen atoms in total. The van der Waals surface area contributed by atoms with Crippen molar-refractivity contribution >= 4 is 17.5 Å². The van der Waals surface area contributed by atoms with Crippen molar-refractivity contribution in [3.05, 3.63) is 71.6 Å². The van der Waals surface area contributed by atoms with Crippen LogP contribution in [0.25, 0.3) is 11.4 Å². The number of aromatic nitrogens is 2. The van der Waals surface area contributed by atoms with Crippen LogP contribution in [0.15, 0.2) is 59.1 Å². The summed E-state index contributed by atoms with van der Waals surface area (Å²) in [5.74, 6) is 0.457. The van der Waals surface area contributed by atoms with E-state index >= 15 is 0 Å². The molecule has 0 fully saturated rings. The summed E-state index contributed by atoms with van der Waals surface area (Å²) in [6.45, 7) is 2.00. The topological polar surface area (TPSA) is 68.0 Å². The normalized spacial score (nSPS) is 11.9. The lowest BCUT2D eigenvalue weighted by molar-refractivity contribution is -0.119. The molecular formula is C19H18ClN3O2. The van der Waals surface area contributed by atoms with E-state index in [4.69, 9.17) is 16.1 Å². The lowest BCUT2D eigenvalue weighted by Gasteiger charge is -2.14. The Morgan fingerprint density at radius 1 is 1.20 bits per heavy atom. The zero-order chi connectivity index (χ0) is 17.6. The Balaban J connectivity index is 1.86. The number of amides is 1. The predicted octanol–water partition coefficient (Wildman–Crippen LogP) is 3.68. The van der Waals surface area contributed by atoms with Crippen LogP contribution in [-0.4, -0.2) is 21.9 Å². The minimum atomic E-state index is -0.431. The molecule has 0 saturated heterocycles. The Labute approximate surface area is 151 Å². The van der Waals surface area contributed by atoms with Crippen LogP contribution in [-0.2, 0) is 11.2 Å². The second-order valence-corrected chi connectivity index (χ2v) is 6.04. The van der Waals surface area contributed by atoms with Gasteiger partial charge in [-0.3, -0.25) is 4.79 Å². The van der Waals surface area contributed by atoms with Gasteiger partial charge >= 0.3 is 0 Å². The van der Waals surface area contributed by atoms with Gasteiger partial charge in [0.15, 0.2) is 0 Å². The molecule has 1 aromatic heterocycles. The highest BCUT2D eigenvalue weighted by molar-refractivity contribution is 6.27. The molecule has 1 unspecified atom stereocenters. The van der Waals surface area contributed by atoms with Crippen LogP contribution < -0.4 is 5.32 Å². The zero-order valence-electron chi connectivity index (χ0n) is 13.8. The molecule has 0 aliphatic carbocycles. The maximum atomic E-state index is 11.8. The Morgan fingerprint density at radius 2 is 2.00 bits per heavy atom. The molecule has 25 heavy (non-hydrogen) atoms. The fourth-order valence-electron chi connectivity index (χ4n) is 2.56. The molecule has 6 heteroatoms. The highest BCUT2D eigenvalue weighted by atomic mass is 35.5. The Kier molecular flexibility index (Phi) is 5.46. The summed E-state index contributed by atoms with van der Waals surface area (Å²) < 4.78 is 5.42. The Bertz CT molecular complexity index is 849. The van der Waals surface area contributed by atoms with Crippen molar-refractivity contribution in [3.63, 3.8) is 0 Å². The standard InChI is InChI=1S/C19H18ClN3O2/c1-13-6-5-9-15(10-13)18-22-19(25-23-18)16(21-17(24)12-20)11-14-7-3-2-4-8-14/h2-10,16H,11-12H2,1H3,(H,21,24). The molecule has 1 N–H and O–H groups in total. The van der Waals surface area contributed by atoms with Crippen LogP contribution in [0.3, 0.4) is 0 Å². The third-order valence-electron chi connectivity index (χ3n) is 3.76. The van der Waals surface area contributed by atoms with E-state index in [2.05, 4.69) is 15.5 Å². The second kappa shape index (κ2) is 7.94. The first-order chi connectivity index (χ1) is 12.2. The number of aryl methyl sites for hydroxylation is 1. The van der Waals surface area contributed by atoms with Gasteiger partial charge in [-0.25, -0.2) is 0 Å². The van der Waals surface area contributed by atoms with Gasteiger partial charge in [0.2, 0.25) is 17.6 Å². The maximum Gasteiger partial charge on any atom is 0.249 e. The Morgan fingerprint density at radius 3 is 2.72 bits per heavy atom. The number of carbonyl (C=O) groups excluding carboxylic acids is 1. The average Bonchev–Trinajstić information content (AvgIpc) is 3.12. The summed E-state index contributed by atoms with van der Waals surface area (Å²) in [6, 6.07) is 17.2. The maximum absolute atomic E-state index is 11.8. The molecule has 0 aliphatic heterocycles. The van der Waals surface area contributed by atoms with Crippen molar-refractivity contribution in [3.8, 4) is 11.4 Å². The van der Waals surface area contributed by atoms with Crippen molar-refractivity contribution in [1.29, 1.82) is 0 Å². The summed E-state index contributed by atoms with van der Waals surface area (Å²) >= 11 is 5.63. The molecule has 3 aromatic rings. The summed E-state index contributed by atoms with van der Waals surface area (Å²) in [7, 11) is 0. The van der Waals surface area contributed by atoms with Crippen molar-refractivity contribution in [2.45, 2.75) is 19.4 Å². The van der Waals surface area contributed by atoms with Gasteiger partial charge in [-0.1, -0.05) is 59.3 Å². The number of rotatable bonds is 6. The van der Waals surface area contributed by atoms with E-state index in [1.165, 1.54) is 0 Å². The quantitative estimate of drug-likeness (QED) is 0.685. The average molecular weight is 356 g/mol. The van der Waals surface area contributed by atoms with Gasteiger partial charge in [0.05, 0.1) is 0 Å². The molecule has 0 saturated carbocycles. The number of hydrogen-bond acceptors (Lipinski definition) is 4. The van der Waals surface area contributed by atoms with Crippen LogP contribution >= 0.6 is 11.6 Å². The molecule has 0 spiro atoms. The molecule has 3 rings (SSSR count). The fourth-order valence-corrected chi connectivity index (χ4v) is 2.64. The molecule has 1 atom stereocenters. The minimum Gasteiger partial charge on any atom is -0.343 e. The first kappa shape index (κ1) is 17.2. The number of hydrogen-bond donors (Lipinski definition) is 1. The number of carbonyl (C=O) groups is 1. The third-order valence-corrected chi connectivity index (χ3v) is 4.00. The second-order valence-electron chi connectivity index (χ2n) is 5.77. The summed E-state index contributed by atoms with van der Waals surface area (Å²) in [5.41, 5.74) is 3.04. The molecule has 1 heterocycles. The molecule has 0 radical (unpaired) electrons. The number of nitrogens with one attached hydrogen (secondary N) is 1. The minimum absolute atomic E-state index is 0.121. The molecule has 0 bridgehead atoms.